The zero-order valence-electron chi connectivity index (χ0n) is 7.87. The van der Waals surface area contributed by atoms with E-state index in [4.69, 9.17) is 4.74 Å². The number of nitrogens with one attached hydrogen (secondary N) is 1. The summed E-state index contributed by atoms with van der Waals surface area (Å²) in [5.41, 5.74) is 0.604. The molecule has 6 heteroatoms. The molecule has 0 spiro atoms. The second-order valence-corrected chi connectivity index (χ2v) is 5.27. The molecule has 0 aliphatic carbocycles. The summed E-state index contributed by atoms with van der Waals surface area (Å²) in [5, 5.41) is 2.67. The van der Waals surface area contributed by atoms with Gasteiger partial charge >= 0.3 is 0 Å². The van der Waals surface area contributed by atoms with E-state index in [1.165, 1.54) is 0 Å². The zero-order chi connectivity index (χ0) is 11.0. The molecule has 0 saturated carbocycles. The van der Waals surface area contributed by atoms with E-state index >= 15 is 0 Å². The number of carbonyl (C=O) groups excluding carboxylic acids is 1. The van der Waals surface area contributed by atoms with Gasteiger partial charge in [0.2, 0.25) is 0 Å². The summed E-state index contributed by atoms with van der Waals surface area (Å²) < 4.78 is 17.3. The molecule has 0 radical (unpaired) electrons. The van der Waals surface area contributed by atoms with Gasteiger partial charge < -0.3 is 10.1 Å². The highest BCUT2D eigenvalue weighted by atomic mass is 79.9. The molecule has 0 saturated heterocycles. The molecular formula is C9H8BrNO3S. The van der Waals surface area contributed by atoms with Gasteiger partial charge in [-0.1, -0.05) is 0 Å². The van der Waals surface area contributed by atoms with Crippen molar-refractivity contribution in [1.82, 2.24) is 0 Å². The molecule has 0 fully saturated rings. The Morgan fingerprint density at radius 3 is 2.93 bits per heavy atom. The molecule has 1 aliphatic heterocycles. The maximum atomic E-state index is 11.4. The van der Waals surface area contributed by atoms with Crippen LogP contribution in [-0.4, -0.2) is 23.0 Å². The number of halogens is 1. The third-order valence-electron chi connectivity index (χ3n) is 1.98. The topological polar surface area (TPSA) is 55.4 Å². The first-order valence-corrected chi connectivity index (χ1v) is 6.52. The summed E-state index contributed by atoms with van der Waals surface area (Å²) in [5.74, 6) is 0.378. The minimum Gasteiger partial charge on any atom is -0.482 e. The molecule has 4 nitrogen and oxygen atoms in total. The Kier molecular flexibility index (Phi) is 2.79. The smallest absolute Gasteiger partial charge is 0.262 e. The van der Waals surface area contributed by atoms with Gasteiger partial charge in [0.1, 0.15) is 5.75 Å². The predicted octanol–water partition coefficient (Wildman–Crippen LogP) is 1.52. The van der Waals surface area contributed by atoms with Gasteiger partial charge in [0.25, 0.3) is 5.91 Å². The van der Waals surface area contributed by atoms with Crippen molar-refractivity contribution in [2.45, 2.75) is 4.90 Å². The third-order valence-corrected chi connectivity index (χ3v) is 3.85. The fraction of sp³-hybridized carbons (Fsp3) is 0.222. The number of hydrogen-bond donors (Lipinski definition) is 1. The fourth-order valence-corrected chi connectivity index (χ4v) is 2.94. The summed E-state index contributed by atoms with van der Waals surface area (Å²) in [6, 6.07) is 3.37. The first kappa shape index (κ1) is 10.6. The van der Waals surface area contributed by atoms with Gasteiger partial charge in [0.15, 0.2) is 6.61 Å². The molecule has 1 unspecified atom stereocenters. The summed E-state index contributed by atoms with van der Waals surface area (Å²) >= 11 is 3.30. The molecule has 80 valence electrons. The van der Waals surface area contributed by atoms with Gasteiger partial charge in [-0.15, -0.1) is 0 Å². The second-order valence-electron chi connectivity index (χ2n) is 3.07. The standard InChI is InChI=1S/C9H8BrNO3S/c1-15(13)8-3-7-6(2-5(8)10)11-9(12)4-14-7/h2-3H,4H2,1H3,(H,11,12). The van der Waals surface area contributed by atoms with Crippen LogP contribution < -0.4 is 10.1 Å². The minimum atomic E-state index is -1.09. The Morgan fingerprint density at radius 1 is 1.53 bits per heavy atom. The van der Waals surface area contributed by atoms with Gasteiger partial charge in [-0.05, 0) is 28.1 Å². The monoisotopic (exact) mass is 289 g/mol. The van der Waals surface area contributed by atoms with E-state index in [0.717, 1.165) is 0 Å². The Balaban J connectivity index is 2.50. The molecule has 1 N–H and O–H groups in total. The molecule has 1 heterocycles. The van der Waals surface area contributed by atoms with Crippen molar-refractivity contribution < 1.29 is 13.7 Å². The van der Waals surface area contributed by atoms with Crippen LogP contribution in [0.1, 0.15) is 0 Å². The number of fused-ring (bicyclic) bond motifs is 1. The van der Waals surface area contributed by atoms with Crippen LogP contribution in [-0.2, 0) is 15.6 Å². The van der Waals surface area contributed by atoms with Crippen LogP contribution in [0.5, 0.6) is 5.75 Å². The van der Waals surface area contributed by atoms with Crippen molar-refractivity contribution in [3.63, 3.8) is 0 Å². The van der Waals surface area contributed by atoms with Crippen LogP contribution in [0.3, 0.4) is 0 Å². The number of rotatable bonds is 1. The highest BCUT2D eigenvalue weighted by Gasteiger charge is 2.18. The average molecular weight is 290 g/mol. The minimum absolute atomic E-state index is 0.00439. The highest BCUT2D eigenvalue weighted by Crippen LogP contribution is 2.34. The van der Waals surface area contributed by atoms with Gasteiger partial charge in [-0.25, -0.2) is 0 Å². The molecule has 0 bridgehead atoms. The largest absolute Gasteiger partial charge is 0.482 e. The number of benzene rings is 1. The Morgan fingerprint density at radius 2 is 2.27 bits per heavy atom. The van der Waals surface area contributed by atoms with Crippen LogP contribution in [0.15, 0.2) is 21.5 Å². The van der Waals surface area contributed by atoms with Crippen molar-refractivity contribution in [2.24, 2.45) is 0 Å². The van der Waals surface area contributed by atoms with E-state index in [9.17, 15) is 9.00 Å². The van der Waals surface area contributed by atoms with Crippen molar-refractivity contribution in [1.29, 1.82) is 0 Å². The molecular weight excluding hydrogens is 282 g/mol. The molecule has 1 aromatic carbocycles. The molecule has 15 heavy (non-hydrogen) atoms. The number of anilines is 1. The molecule has 1 aliphatic rings. The number of amides is 1. The SMILES string of the molecule is CS(=O)c1cc2c(cc1Br)NC(=O)CO2. The van der Waals surface area contributed by atoms with Crippen LogP contribution in [0.25, 0.3) is 0 Å². The van der Waals surface area contributed by atoms with E-state index < -0.39 is 10.8 Å². The molecule has 1 atom stereocenters. The zero-order valence-corrected chi connectivity index (χ0v) is 10.3. The maximum Gasteiger partial charge on any atom is 0.262 e. The quantitative estimate of drug-likeness (QED) is 0.853. The van der Waals surface area contributed by atoms with E-state index in [1.807, 2.05) is 0 Å². The van der Waals surface area contributed by atoms with Crippen LogP contribution in [0.2, 0.25) is 0 Å². The van der Waals surface area contributed by atoms with E-state index in [1.54, 1.807) is 18.4 Å². The Bertz CT molecular complexity index is 461. The van der Waals surface area contributed by atoms with Crippen LogP contribution in [0.4, 0.5) is 5.69 Å². The Labute approximate surface area is 97.6 Å². The van der Waals surface area contributed by atoms with Crippen molar-refractivity contribution in [3.8, 4) is 5.75 Å². The highest BCUT2D eigenvalue weighted by molar-refractivity contribution is 9.10. The molecule has 1 aromatic rings. The van der Waals surface area contributed by atoms with Crippen molar-refractivity contribution in [2.75, 3.05) is 18.2 Å². The molecule has 1 amide bonds. The lowest BCUT2D eigenvalue weighted by atomic mass is 10.2. The van der Waals surface area contributed by atoms with Crippen molar-refractivity contribution in [3.05, 3.63) is 16.6 Å². The lowest BCUT2D eigenvalue weighted by molar-refractivity contribution is -0.118. The summed E-state index contributed by atoms with van der Waals surface area (Å²) in [6.45, 7) is 0.00439. The van der Waals surface area contributed by atoms with E-state index in [0.29, 0.717) is 20.8 Å². The van der Waals surface area contributed by atoms with E-state index in [-0.39, 0.29) is 12.5 Å². The van der Waals surface area contributed by atoms with Gasteiger partial charge in [0, 0.05) is 10.7 Å². The number of ether oxygens (including phenoxy) is 1. The number of hydrogen-bond acceptors (Lipinski definition) is 3. The lowest BCUT2D eigenvalue weighted by Crippen LogP contribution is -2.25. The summed E-state index contributed by atoms with van der Waals surface area (Å²) in [6.07, 6.45) is 1.59. The summed E-state index contributed by atoms with van der Waals surface area (Å²) in [4.78, 5) is 11.7. The third kappa shape index (κ3) is 2.05. The lowest BCUT2D eigenvalue weighted by Gasteiger charge is -2.18. The first-order valence-electron chi connectivity index (χ1n) is 4.17. The summed E-state index contributed by atoms with van der Waals surface area (Å²) in [7, 11) is -1.09. The Hall–Kier alpha value is -0.880. The van der Waals surface area contributed by atoms with Crippen molar-refractivity contribution >= 4 is 38.3 Å². The normalized spacial score (nSPS) is 16.3. The van der Waals surface area contributed by atoms with Gasteiger partial charge in [-0.2, -0.15) is 0 Å². The molecule has 2 rings (SSSR count). The maximum absolute atomic E-state index is 11.4. The van der Waals surface area contributed by atoms with Gasteiger partial charge in [-0.3, -0.25) is 9.00 Å². The predicted molar refractivity (Wildman–Crippen MR) is 60.6 cm³/mol. The first-order chi connectivity index (χ1) is 7.08. The fourth-order valence-electron chi connectivity index (χ4n) is 1.30. The number of carbonyl (C=O) groups is 1. The van der Waals surface area contributed by atoms with Crippen LogP contribution in [0, 0.1) is 0 Å². The second kappa shape index (κ2) is 3.94. The van der Waals surface area contributed by atoms with Crippen LogP contribution >= 0.6 is 15.9 Å². The average Bonchev–Trinajstić information content (AvgIpc) is 2.15. The van der Waals surface area contributed by atoms with Gasteiger partial charge in [0.05, 0.1) is 21.4 Å². The van der Waals surface area contributed by atoms with E-state index in [2.05, 4.69) is 21.2 Å². The molecule has 0 aromatic heterocycles.